The highest BCUT2D eigenvalue weighted by molar-refractivity contribution is 5.94. The summed E-state index contributed by atoms with van der Waals surface area (Å²) in [4.78, 5) is 11.6. The zero-order chi connectivity index (χ0) is 12.1. The average Bonchev–Trinajstić information content (AvgIpc) is 2.82. The third kappa shape index (κ3) is 3.17. The van der Waals surface area contributed by atoms with Gasteiger partial charge in [-0.25, -0.2) is 4.39 Å². The molecule has 0 radical (unpaired) electrons. The van der Waals surface area contributed by atoms with Gasteiger partial charge in [0.25, 0.3) is 5.91 Å². The number of furan rings is 1. The van der Waals surface area contributed by atoms with Gasteiger partial charge in [-0.3, -0.25) is 4.79 Å². The summed E-state index contributed by atoms with van der Waals surface area (Å²) in [6.07, 6.45) is 3.91. The fourth-order valence-electron chi connectivity index (χ4n) is 1.49. The zero-order valence-corrected chi connectivity index (χ0v) is 9.15. The second-order valence-electron chi connectivity index (χ2n) is 3.65. The molecule has 0 atom stereocenters. The molecule has 17 heavy (non-hydrogen) atoms. The molecule has 0 spiro atoms. The van der Waals surface area contributed by atoms with Gasteiger partial charge in [0.2, 0.25) is 0 Å². The summed E-state index contributed by atoms with van der Waals surface area (Å²) in [6.45, 7) is 0.495. The Morgan fingerprint density at radius 2 is 2.24 bits per heavy atom. The van der Waals surface area contributed by atoms with Crippen LogP contribution in [-0.4, -0.2) is 12.5 Å². The molecule has 0 aliphatic carbocycles. The maximum atomic E-state index is 12.9. The summed E-state index contributed by atoms with van der Waals surface area (Å²) in [5.41, 5.74) is 1.35. The predicted octanol–water partition coefficient (Wildman–Crippen LogP) is 2.39. The molecule has 0 aliphatic heterocycles. The van der Waals surface area contributed by atoms with Crippen molar-refractivity contribution in [2.45, 2.75) is 6.42 Å². The molecule has 0 fully saturated rings. The Morgan fingerprint density at radius 3 is 2.94 bits per heavy atom. The lowest BCUT2D eigenvalue weighted by atomic mass is 10.2. The van der Waals surface area contributed by atoms with E-state index in [1.807, 2.05) is 6.07 Å². The molecule has 0 aliphatic rings. The number of hydrogen-bond acceptors (Lipinski definition) is 2. The number of rotatable bonds is 4. The maximum Gasteiger partial charge on any atom is 0.251 e. The van der Waals surface area contributed by atoms with Gasteiger partial charge in [0.1, 0.15) is 5.82 Å². The molecule has 0 saturated heterocycles. The molecule has 1 heterocycles. The third-order valence-electron chi connectivity index (χ3n) is 2.37. The molecule has 88 valence electrons. The monoisotopic (exact) mass is 233 g/mol. The van der Waals surface area contributed by atoms with Gasteiger partial charge < -0.3 is 9.73 Å². The van der Waals surface area contributed by atoms with Crippen molar-refractivity contribution in [1.29, 1.82) is 0 Å². The van der Waals surface area contributed by atoms with Crippen LogP contribution in [0.5, 0.6) is 0 Å². The van der Waals surface area contributed by atoms with E-state index in [9.17, 15) is 9.18 Å². The van der Waals surface area contributed by atoms with Crippen LogP contribution in [0.3, 0.4) is 0 Å². The Hall–Kier alpha value is -2.10. The first kappa shape index (κ1) is 11.4. The maximum absolute atomic E-state index is 12.9. The van der Waals surface area contributed by atoms with Crippen LogP contribution < -0.4 is 5.32 Å². The zero-order valence-electron chi connectivity index (χ0n) is 9.15. The topological polar surface area (TPSA) is 42.2 Å². The van der Waals surface area contributed by atoms with Crippen LogP contribution in [0.1, 0.15) is 15.9 Å². The van der Waals surface area contributed by atoms with E-state index < -0.39 is 5.82 Å². The Morgan fingerprint density at radius 1 is 1.35 bits per heavy atom. The minimum absolute atomic E-state index is 0.270. The van der Waals surface area contributed by atoms with Gasteiger partial charge >= 0.3 is 0 Å². The van der Waals surface area contributed by atoms with Crippen LogP contribution in [0.2, 0.25) is 0 Å². The van der Waals surface area contributed by atoms with Crippen molar-refractivity contribution in [2.24, 2.45) is 0 Å². The first-order valence-corrected chi connectivity index (χ1v) is 5.30. The summed E-state index contributed by atoms with van der Waals surface area (Å²) < 4.78 is 17.8. The molecule has 3 nitrogen and oxygen atoms in total. The highest BCUT2D eigenvalue weighted by atomic mass is 19.1. The average molecular weight is 233 g/mol. The van der Waals surface area contributed by atoms with Gasteiger partial charge in [-0.1, -0.05) is 6.07 Å². The lowest BCUT2D eigenvalue weighted by Gasteiger charge is -2.04. The van der Waals surface area contributed by atoms with Crippen LogP contribution in [0.4, 0.5) is 4.39 Å². The number of benzene rings is 1. The molecule has 4 heteroatoms. The molecule has 0 unspecified atom stereocenters. The number of carbonyl (C=O) groups excluding carboxylic acids is 1. The predicted molar refractivity (Wildman–Crippen MR) is 61.1 cm³/mol. The van der Waals surface area contributed by atoms with E-state index in [1.165, 1.54) is 18.2 Å². The molecular weight excluding hydrogens is 221 g/mol. The molecule has 2 rings (SSSR count). The van der Waals surface area contributed by atoms with Gasteiger partial charge in [0.15, 0.2) is 0 Å². The van der Waals surface area contributed by atoms with Gasteiger partial charge in [0, 0.05) is 12.1 Å². The van der Waals surface area contributed by atoms with E-state index >= 15 is 0 Å². The van der Waals surface area contributed by atoms with Crippen molar-refractivity contribution >= 4 is 5.91 Å². The van der Waals surface area contributed by atoms with E-state index in [0.29, 0.717) is 18.5 Å². The molecule has 1 aromatic heterocycles. The molecule has 0 bridgehead atoms. The van der Waals surface area contributed by atoms with E-state index in [0.717, 1.165) is 5.56 Å². The summed E-state index contributed by atoms with van der Waals surface area (Å²) >= 11 is 0. The van der Waals surface area contributed by atoms with Gasteiger partial charge in [-0.05, 0) is 36.2 Å². The van der Waals surface area contributed by atoms with Gasteiger partial charge in [-0.2, -0.15) is 0 Å². The van der Waals surface area contributed by atoms with Crippen molar-refractivity contribution in [2.75, 3.05) is 6.54 Å². The Labute approximate surface area is 98.3 Å². The Bertz CT molecular complexity index is 494. The molecule has 0 saturated carbocycles. The van der Waals surface area contributed by atoms with E-state index in [-0.39, 0.29) is 5.91 Å². The minimum Gasteiger partial charge on any atom is -0.472 e. The fraction of sp³-hybridized carbons (Fsp3) is 0.154. The van der Waals surface area contributed by atoms with E-state index in [2.05, 4.69) is 5.32 Å². The second-order valence-corrected chi connectivity index (χ2v) is 3.65. The summed E-state index contributed by atoms with van der Waals surface area (Å²) in [5, 5.41) is 2.72. The number of halogens is 1. The third-order valence-corrected chi connectivity index (χ3v) is 2.37. The number of hydrogen-bond donors (Lipinski definition) is 1. The number of amides is 1. The van der Waals surface area contributed by atoms with Crippen LogP contribution in [0.25, 0.3) is 0 Å². The van der Waals surface area contributed by atoms with Crippen molar-refractivity contribution in [3.8, 4) is 0 Å². The molecule has 1 aromatic carbocycles. The summed E-state index contributed by atoms with van der Waals surface area (Å²) in [5.74, 6) is -0.680. The first-order valence-electron chi connectivity index (χ1n) is 5.30. The number of carbonyl (C=O) groups is 1. The second kappa shape index (κ2) is 5.30. The van der Waals surface area contributed by atoms with Gasteiger partial charge in [-0.15, -0.1) is 0 Å². The van der Waals surface area contributed by atoms with Crippen molar-refractivity contribution in [3.63, 3.8) is 0 Å². The fourth-order valence-corrected chi connectivity index (χ4v) is 1.49. The Kier molecular flexibility index (Phi) is 3.55. The van der Waals surface area contributed by atoms with E-state index in [1.54, 1.807) is 18.6 Å². The van der Waals surface area contributed by atoms with E-state index in [4.69, 9.17) is 4.42 Å². The molecule has 2 aromatic rings. The van der Waals surface area contributed by atoms with Crippen LogP contribution in [0, 0.1) is 5.82 Å². The largest absolute Gasteiger partial charge is 0.472 e. The Balaban J connectivity index is 1.85. The standard InChI is InChI=1S/C13H12FNO2/c14-12-3-1-2-11(8-12)13(16)15-6-4-10-5-7-17-9-10/h1-3,5,7-9H,4,6H2,(H,15,16). The van der Waals surface area contributed by atoms with Gasteiger partial charge in [0.05, 0.1) is 12.5 Å². The number of nitrogens with one attached hydrogen (secondary N) is 1. The minimum atomic E-state index is -0.410. The smallest absolute Gasteiger partial charge is 0.251 e. The lowest BCUT2D eigenvalue weighted by molar-refractivity contribution is 0.0953. The SMILES string of the molecule is O=C(NCCc1ccoc1)c1cccc(F)c1. The molecule has 1 amide bonds. The summed E-state index contributed by atoms with van der Waals surface area (Å²) in [6, 6.07) is 7.46. The normalized spacial score (nSPS) is 10.2. The van der Waals surface area contributed by atoms with Crippen LogP contribution in [0.15, 0.2) is 47.3 Å². The van der Waals surface area contributed by atoms with Crippen LogP contribution in [-0.2, 0) is 6.42 Å². The highest BCUT2D eigenvalue weighted by Crippen LogP contribution is 2.04. The lowest BCUT2D eigenvalue weighted by Crippen LogP contribution is -2.25. The highest BCUT2D eigenvalue weighted by Gasteiger charge is 2.05. The van der Waals surface area contributed by atoms with Crippen molar-refractivity contribution in [3.05, 3.63) is 59.8 Å². The first-order chi connectivity index (χ1) is 8.25. The van der Waals surface area contributed by atoms with Crippen molar-refractivity contribution in [1.82, 2.24) is 5.32 Å². The van der Waals surface area contributed by atoms with Crippen molar-refractivity contribution < 1.29 is 13.6 Å². The molecule has 1 N–H and O–H groups in total. The summed E-state index contributed by atoms with van der Waals surface area (Å²) in [7, 11) is 0. The van der Waals surface area contributed by atoms with Crippen LogP contribution >= 0.6 is 0 Å². The quantitative estimate of drug-likeness (QED) is 0.881. The molecular formula is C13H12FNO2.